The molecule has 0 spiro atoms. The van der Waals surface area contributed by atoms with Crippen molar-refractivity contribution in [2.45, 2.75) is 6.54 Å². The highest BCUT2D eigenvalue weighted by Crippen LogP contribution is 2.11. The molecule has 0 unspecified atom stereocenters. The minimum Gasteiger partial charge on any atom is -0.306 e. The van der Waals surface area contributed by atoms with Crippen molar-refractivity contribution < 1.29 is 4.79 Å². The van der Waals surface area contributed by atoms with Crippen LogP contribution in [0.25, 0.3) is 0 Å². The van der Waals surface area contributed by atoms with Gasteiger partial charge in [0.15, 0.2) is 5.78 Å². The maximum absolute atomic E-state index is 11.9. The first kappa shape index (κ1) is 12.9. The lowest BCUT2D eigenvalue weighted by atomic mass is 10.1. The minimum absolute atomic E-state index is 0.0406. The molecule has 5 heteroatoms. The zero-order chi connectivity index (χ0) is 13.1. The molecule has 0 atom stereocenters. The maximum Gasteiger partial charge on any atom is 0.251 e. The van der Waals surface area contributed by atoms with Gasteiger partial charge in [0.25, 0.3) is 5.56 Å². The molecule has 92 valence electrons. The number of benzene rings is 1. The van der Waals surface area contributed by atoms with Crippen LogP contribution in [0.3, 0.4) is 0 Å². The van der Waals surface area contributed by atoms with E-state index in [1.165, 1.54) is 22.9 Å². The van der Waals surface area contributed by atoms with Crippen LogP contribution in [0.5, 0.6) is 0 Å². The average molecular weight is 282 g/mol. The molecule has 2 aromatic rings. The standard InChI is InChI=1S/C13H9Cl2NO2/c14-10-3-1-9(2-4-10)12(17)8-16-7-11(15)5-6-13(16)18/h1-7H,8H2. The predicted molar refractivity (Wildman–Crippen MR) is 71.5 cm³/mol. The first-order valence-corrected chi connectivity index (χ1v) is 5.96. The lowest BCUT2D eigenvalue weighted by molar-refractivity contribution is 0.0971. The van der Waals surface area contributed by atoms with Crippen molar-refractivity contribution in [1.29, 1.82) is 0 Å². The quantitative estimate of drug-likeness (QED) is 0.812. The fraction of sp³-hybridized carbons (Fsp3) is 0.0769. The third-order valence-electron chi connectivity index (χ3n) is 2.43. The zero-order valence-corrected chi connectivity index (χ0v) is 10.8. The number of ketones is 1. The largest absolute Gasteiger partial charge is 0.306 e. The molecule has 0 radical (unpaired) electrons. The molecule has 0 saturated heterocycles. The van der Waals surface area contributed by atoms with Gasteiger partial charge in [-0.3, -0.25) is 9.59 Å². The van der Waals surface area contributed by atoms with E-state index in [9.17, 15) is 9.59 Å². The van der Waals surface area contributed by atoms with Crippen molar-refractivity contribution in [3.8, 4) is 0 Å². The molecule has 1 heterocycles. The molecule has 0 fully saturated rings. The molecule has 1 aromatic heterocycles. The monoisotopic (exact) mass is 281 g/mol. The molecule has 0 N–H and O–H groups in total. The summed E-state index contributed by atoms with van der Waals surface area (Å²) in [6.45, 7) is -0.0406. The Morgan fingerprint density at radius 3 is 2.28 bits per heavy atom. The number of halogens is 2. The molecular weight excluding hydrogens is 273 g/mol. The number of carbonyl (C=O) groups is 1. The number of hydrogen-bond donors (Lipinski definition) is 0. The van der Waals surface area contributed by atoms with E-state index >= 15 is 0 Å². The lowest BCUT2D eigenvalue weighted by Gasteiger charge is -2.05. The Morgan fingerprint density at radius 2 is 1.61 bits per heavy atom. The summed E-state index contributed by atoms with van der Waals surface area (Å²) < 4.78 is 1.28. The van der Waals surface area contributed by atoms with E-state index in [4.69, 9.17) is 23.2 Å². The first-order chi connectivity index (χ1) is 8.56. The van der Waals surface area contributed by atoms with Crippen molar-refractivity contribution in [3.63, 3.8) is 0 Å². The van der Waals surface area contributed by atoms with Gasteiger partial charge < -0.3 is 4.57 Å². The minimum atomic E-state index is -0.262. The Morgan fingerprint density at radius 1 is 1.00 bits per heavy atom. The second kappa shape index (κ2) is 5.38. The van der Waals surface area contributed by atoms with Crippen LogP contribution in [0.15, 0.2) is 47.4 Å². The van der Waals surface area contributed by atoms with Crippen LogP contribution in [0.4, 0.5) is 0 Å². The van der Waals surface area contributed by atoms with E-state index in [1.807, 2.05) is 0 Å². The summed E-state index contributed by atoms with van der Waals surface area (Å²) in [7, 11) is 0. The van der Waals surface area contributed by atoms with Crippen LogP contribution in [0.2, 0.25) is 10.0 Å². The number of carbonyl (C=O) groups excluding carboxylic acids is 1. The van der Waals surface area contributed by atoms with E-state index < -0.39 is 0 Å². The molecule has 1 aromatic carbocycles. The van der Waals surface area contributed by atoms with Crippen LogP contribution >= 0.6 is 23.2 Å². The first-order valence-electron chi connectivity index (χ1n) is 5.21. The summed E-state index contributed by atoms with van der Waals surface area (Å²) in [4.78, 5) is 23.5. The van der Waals surface area contributed by atoms with Crippen LogP contribution in [-0.4, -0.2) is 10.4 Å². The molecule has 0 aliphatic heterocycles. The fourth-order valence-electron chi connectivity index (χ4n) is 1.51. The summed E-state index contributed by atoms with van der Waals surface area (Å²) in [5.74, 6) is -0.170. The molecule has 0 aliphatic carbocycles. The number of hydrogen-bond acceptors (Lipinski definition) is 2. The van der Waals surface area contributed by atoms with Crippen molar-refractivity contribution in [1.82, 2.24) is 4.57 Å². The maximum atomic E-state index is 11.9. The van der Waals surface area contributed by atoms with Crippen LogP contribution in [-0.2, 0) is 6.54 Å². The van der Waals surface area contributed by atoms with Gasteiger partial charge in [0.1, 0.15) is 0 Å². The van der Waals surface area contributed by atoms with Gasteiger partial charge >= 0.3 is 0 Å². The van der Waals surface area contributed by atoms with Gasteiger partial charge in [-0.2, -0.15) is 0 Å². The Hall–Kier alpha value is -1.58. The fourth-order valence-corrected chi connectivity index (χ4v) is 1.81. The SMILES string of the molecule is O=C(Cn1cc(Cl)ccc1=O)c1ccc(Cl)cc1. The summed E-state index contributed by atoms with van der Waals surface area (Å²) in [6, 6.07) is 9.34. The van der Waals surface area contributed by atoms with Crippen molar-refractivity contribution in [3.05, 3.63) is 68.6 Å². The van der Waals surface area contributed by atoms with Gasteiger partial charge in [-0.15, -0.1) is 0 Å². The van der Waals surface area contributed by atoms with E-state index in [-0.39, 0.29) is 17.9 Å². The van der Waals surface area contributed by atoms with Gasteiger partial charge in [-0.25, -0.2) is 0 Å². The summed E-state index contributed by atoms with van der Waals surface area (Å²) in [5.41, 5.74) is 0.244. The second-order valence-electron chi connectivity index (χ2n) is 3.74. The molecule has 3 nitrogen and oxygen atoms in total. The van der Waals surface area contributed by atoms with Crippen LogP contribution < -0.4 is 5.56 Å². The number of pyridine rings is 1. The van der Waals surface area contributed by atoms with E-state index in [1.54, 1.807) is 24.3 Å². The topological polar surface area (TPSA) is 39.1 Å². The summed E-state index contributed by atoms with van der Waals surface area (Å²) in [6.07, 6.45) is 1.44. The highest BCUT2D eigenvalue weighted by atomic mass is 35.5. The van der Waals surface area contributed by atoms with Gasteiger partial charge in [-0.05, 0) is 30.3 Å². The molecular formula is C13H9Cl2NO2. The van der Waals surface area contributed by atoms with Gasteiger partial charge in [-0.1, -0.05) is 23.2 Å². The Bertz CT molecular complexity index is 632. The van der Waals surface area contributed by atoms with Crippen molar-refractivity contribution in [2.75, 3.05) is 0 Å². The van der Waals surface area contributed by atoms with Crippen LogP contribution in [0, 0.1) is 0 Å². The van der Waals surface area contributed by atoms with Gasteiger partial charge in [0.2, 0.25) is 0 Å². The molecule has 0 aliphatic rings. The number of rotatable bonds is 3. The van der Waals surface area contributed by atoms with E-state index in [2.05, 4.69) is 0 Å². The zero-order valence-electron chi connectivity index (χ0n) is 9.27. The van der Waals surface area contributed by atoms with Crippen molar-refractivity contribution >= 4 is 29.0 Å². The average Bonchev–Trinajstić information content (AvgIpc) is 2.34. The number of nitrogens with zero attached hydrogens (tertiary/aromatic N) is 1. The normalized spacial score (nSPS) is 10.3. The van der Waals surface area contributed by atoms with Gasteiger partial charge in [0.05, 0.1) is 11.6 Å². The second-order valence-corrected chi connectivity index (χ2v) is 4.62. The van der Waals surface area contributed by atoms with E-state index in [0.717, 1.165) is 0 Å². The Labute approximate surface area is 114 Å². The Balaban J connectivity index is 2.24. The number of aromatic nitrogens is 1. The highest BCUT2D eigenvalue weighted by Gasteiger charge is 2.08. The third kappa shape index (κ3) is 3.00. The summed E-state index contributed by atoms with van der Waals surface area (Å²) in [5, 5.41) is 0.977. The smallest absolute Gasteiger partial charge is 0.251 e. The molecule has 0 amide bonds. The van der Waals surface area contributed by atoms with E-state index in [0.29, 0.717) is 15.6 Å². The lowest BCUT2D eigenvalue weighted by Crippen LogP contribution is -2.22. The van der Waals surface area contributed by atoms with Crippen LogP contribution in [0.1, 0.15) is 10.4 Å². The highest BCUT2D eigenvalue weighted by molar-refractivity contribution is 6.30. The van der Waals surface area contributed by atoms with Gasteiger partial charge in [0, 0.05) is 22.8 Å². The molecule has 0 bridgehead atoms. The third-order valence-corrected chi connectivity index (χ3v) is 2.90. The predicted octanol–water partition coefficient (Wildman–Crippen LogP) is 3.04. The summed E-state index contributed by atoms with van der Waals surface area (Å²) >= 11 is 11.5. The molecule has 2 rings (SSSR count). The number of Topliss-reactive ketones (excluding diaryl/α,β-unsaturated/α-hetero) is 1. The Kier molecular flexibility index (Phi) is 3.84. The van der Waals surface area contributed by atoms with Crippen molar-refractivity contribution in [2.24, 2.45) is 0 Å². The molecule has 18 heavy (non-hydrogen) atoms. The molecule has 0 saturated carbocycles.